The molecule has 0 aromatic heterocycles. The summed E-state index contributed by atoms with van der Waals surface area (Å²) in [5, 5.41) is 4.20. The molecule has 3 rings (SSSR count). The Balaban J connectivity index is 1.51. The quantitative estimate of drug-likeness (QED) is 0.924. The average molecular weight is 325 g/mol. The van der Waals surface area contributed by atoms with Crippen molar-refractivity contribution < 1.29 is 4.79 Å². The highest BCUT2D eigenvalue weighted by Crippen LogP contribution is 2.29. The van der Waals surface area contributed by atoms with Crippen LogP contribution in [0.4, 0.5) is 0 Å². The van der Waals surface area contributed by atoms with Crippen LogP contribution in [0.5, 0.6) is 0 Å². The summed E-state index contributed by atoms with van der Waals surface area (Å²) in [5.41, 5.74) is 1.22. The number of amides is 1. The molecule has 5 heteroatoms. The van der Waals surface area contributed by atoms with Gasteiger partial charge in [-0.3, -0.25) is 4.79 Å². The maximum atomic E-state index is 12.5. The lowest BCUT2D eigenvalue weighted by Crippen LogP contribution is -2.43. The normalized spacial score (nSPS) is 24.9. The molecule has 2 saturated heterocycles. The number of rotatable bonds is 4. The number of nitrogens with zero attached hydrogens (tertiary/aromatic N) is 1. The van der Waals surface area contributed by atoms with E-state index in [-0.39, 0.29) is 0 Å². The predicted molar refractivity (Wildman–Crippen MR) is 88.8 cm³/mol. The first-order chi connectivity index (χ1) is 10.2. The van der Waals surface area contributed by atoms with Gasteiger partial charge in [-0.1, -0.05) is 23.7 Å². The summed E-state index contributed by atoms with van der Waals surface area (Å²) < 4.78 is 0. The van der Waals surface area contributed by atoms with Crippen LogP contribution in [-0.2, 0) is 10.5 Å². The molecule has 1 aromatic rings. The first kappa shape index (κ1) is 15.2. The van der Waals surface area contributed by atoms with E-state index in [2.05, 4.69) is 10.2 Å². The number of fused-ring (bicyclic) bond motifs is 2. The second kappa shape index (κ2) is 7.03. The summed E-state index contributed by atoms with van der Waals surface area (Å²) in [6.45, 7) is 2.01. The molecule has 21 heavy (non-hydrogen) atoms. The first-order valence-corrected chi connectivity index (χ1v) is 9.11. The van der Waals surface area contributed by atoms with Crippen molar-refractivity contribution in [1.29, 1.82) is 0 Å². The molecule has 1 amide bonds. The number of benzene rings is 1. The predicted octanol–water partition coefficient (Wildman–Crippen LogP) is 2.93. The van der Waals surface area contributed by atoms with Crippen molar-refractivity contribution in [3.05, 3.63) is 34.9 Å². The topological polar surface area (TPSA) is 32.3 Å². The molecule has 0 radical (unpaired) electrons. The highest BCUT2D eigenvalue weighted by atomic mass is 35.5. The van der Waals surface area contributed by atoms with Gasteiger partial charge in [0.05, 0.1) is 5.75 Å². The maximum Gasteiger partial charge on any atom is 0.233 e. The SMILES string of the molecule is O=C(CSCc1ccc(Cl)cc1)N1C2CCNCC1CC2. The van der Waals surface area contributed by atoms with Crippen molar-refractivity contribution in [2.45, 2.75) is 37.1 Å². The fourth-order valence-electron chi connectivity index (χ4n) is 3.30. The van der Waals surface area contributed by atoms with E-state index in [4.69, 9.17) is 11.6 Å². The van der Waals surface area contributed by atoms with Crippen LogP contribution in [0.25, 0.3) is 0 Å². The molecule has 0 aliphatic carbocycles. The summed E-state index contributed by atoms with van der Waals surface area (Å²) in [7, 11) is 0. The van der Waals surface area contributed by atoms with Crippen LogP contribution in [-0.4, -0.2) is 41.7 Å². The molecule has 2 aliphatic heterocycles. The number of carbonyl (C=O) groups excluding carboxylic acids is 1. The molecule has 114 valence electrons. The van der Waals surface area contributed by atoms with Crippen molar-refractivity contribution in [3.63, 3.8) is 0 Å². The van der Waals surface area contributed by atoms with Crippen LogP contribution in [0, 0.1) is 0 Å². The molecular formula is C16H21ClN2OS. The molecule has 1 aromatic carbocycles. The Hall–Kier alpha value is -0.710. The summed E-state index contributed by atoms with van der Waals surface area (Å²) >= 11 is 7.58. The summed E-state index contributed by atoms with van der Waals surface area (Å²) in [4.78, 5) is 14.7. The largest absolute Gasteiger partial charge is 0.335 e. The maximum absolute atomic E-state index is 12.5. The zero-order chi connectivity index (χ0) is 14.7. The Morgan fingerprint density at radius 1 is 1.24 bits per heavy atom. The van der Waals surface area contributed by atoms with Gasteiger partial charge < -0.3 is 10.2 Å². The average Bonchev–Trinajstić information content (AvgIpc) is 2.74. The molecule has 2 unspecified atom stereocenters. The Labute approximate surface area is 135 Å². The van der Waals surface area contributed by atoms with Crippen LogP contribution in [0.2, 0.25) is 5.02 Å². The molecule has 2 fully saturated rings. The summed E-state index contributed by atoms with van der Waals surface area (Å²) in [5.74, 6) is 1.75. The van der Waals surface area contributed by atoms with Gasteiger partial charge in [0.15, 0.2) is 0 Å². The Bertz CT molecular complexity index is 480. The standard InChI is InChI=1S/C16H21ClN2OS/c17-13-3-1-12(2-4-13)10-21-11-16(20)19-14-5-6-15(19)9-18-8-7-14/h1-4,14-15,18H,5-11H2. The smallest absolute Gasteiger partial charge is 0.233 e. The van der Waals surface area contributed by atoms with Gasteiger partial charge in [-0.15, -0.1) is 11.8 Å². The van der Waals surface area contributed by atoms with E-state index in [9.17, 15) is 4.79 Å². The molecule has 2 aliphatic rings. The number of hydrogen-bond donors (Lipinski definition) is 1. The van der Waals surface area contributed by atoms with Gasteiger partial charge in [0.25, 0.3) is 0 Å². The molecule has 3 nitrogen and oxygen atoms in total. The number of nitrogens with one attached hydrogen (secondary N) is 1. The van der Waals surface area contributed by atoms with E-state index in [0.717, 1.165) is 36.7 Å². The minimum absolute atomic E-state index is 0.310. The van der Waals surface area contributed by atoms with Crippen molar-refractivity contribution in [2.75, 3.05) is 18.8 Å². The van der Waals surface area contributed by atoms with E-state index in [1.807, 2.05) is 24.3 Å². The highest BCUT2D eigenvalue weighted by molar-refractivity contribution is 7.99. The third-order valence-electron chi connectivity index (χ3n) is 4.35. The summed E-state index contributed by atoms with van der Waals surface area (Å²) in [6, 6.07) is 8.74. The monoisotopic (exact) mass is 324 g/mol. The fourth-order valence-corrected chi connectivity index (χ4v) is 4.28. The highest BCUT2D eigenvalue weighted by Gasteiger charge is 2.37. The second-order valence-corrected chi connectivity index (χ2v) is 7.22. The number of halogens is 1. The van der Waals surface area contributed by atoms with Crippen LogP contribution in [0.3, 0.4) is 0 Å². The zero-order valence-electron chi connectivity index (χ0n) is 12.1. The van der Waals surface area contributed by atoms with Gasteiger partial charge in [0.1, 0.15) is 0 Å². The zero-order valence-corrected chi connectivity index (χ0v) is 13.6. The van der Waals surface area contributed by atoms with E-state index >= 15 is 0 Å². The van der Waals surface area contributed by atoms with Crippen LogP contribution in [0.15, 0.2) is 24.3 Å². The Kier molecular flexibility index (Phi) is 5.09. The Morgan fingerprint density at radius 2 is 2.00 bits per heavy atom. The van der Waals surface area contributed by atoms with E-state index < -0.39 is 0 Å². The van der Waals surface area contributed by atoms with Crippen molar-refractivity contribution in [3.8, 4) is 0 Å². The minimum Gasteiger partial charge on any atom is -0.335 e. The van der Waals surface area contributed by atoms with Gasteiger partial charge in [-0.2, -0.15) is 0 Å². The molecule has 0 saturated carbocycles. The van der Waals surface area contributed by atoms with Crippen molar-refractivity contribution >= 4 is 29.3 Å². The third-order valence-corrected chi connectivity index (χ3v) is 5.59. The number of thioether (sulfide) groups is 1. The van der Waals surface area contributed by atoms with Crippen molar-refractivity contribution in [2.24, 2.45) is 0 Å². The Morgan fingerprint density at radius 3 is 2.81 bits per heavy atom. The van der Waals surface area contributed by atoms with Gasteiger partial charge in [0.2, 0.25) is 5.91 Å². The van der Waals surface area contributed by atoms with Crippen LogP contribution in [0.1, 0.15) is 24.8 Å². The minimum atomic E-state index is 0.310. The molecule has 2 bridgehead atoms. The third kappa shape index (κ3) is 3.74. The van der Waals surface area contributed by atoms with Gasteiger partial charge in [-0.25, -0.2) is 0 Å². The molecule has 1 N–H and O–H groups in total. The molecule has 0 spiro atoms. The lowest BCUT2D eigenvalue weighted by Gasteiger charge is -2.27. The second-order valence-electron chi connectivity index (χ2n) is 5.80. The van der Waals surface area contributed by atoms with Crippen molar-refractivity contribution in [1.82, 2.24) is 10.2 Å². The van der Waals surface area contributed by atoms with E-state index in [0.29, 0.717) is 23.7 Å². The van der Waals surface area contributed by atoms with Gasteiger partial charge >= 0.3 is 0 Å². The van der Waals surface area contributed by atoms with Gasteiger partial charge in [-0.05, 0) is 43.5 Å². The molecular weight excluding hydrogens is 304 g/mol. The fraction of sp³-hybridized carbons (Fsp3) is 0.562. The molecule has 2 atom stereocenters. The van der Waals surface area contributed by atoms with Gasteiger partial charge in [0, 0.05) is 29.4 Å². The van der Waals surface area contributed by atoms with Crippen LogP contribution >= 0.6 is 23.4 Å². The number of carbonyl (C=O) groups is 1. The summed E-state index contributed by atoms with van der Waals surface area (Å²) in [6.07, 6.45) is 3.44. The van der Waals surface area contributed by atoms with E-state index in [1.54, 1.807) is 11.8 Å². The first-order valence-electron chi connectivity index (χ1n) is 7.58. The number of hydrogen-bond acceptors (Lipinski definition) is 3. The molecule has 2 heterocycles. The lowest BCUT2D eigenvalue weighted by molar-refractivity contribution is -0.130. The van der Waals surface area contributed by atoms with Crippen LogP contribution < -0.4 is 5.32 Å². The van der Waals surface area contributed by atoms with E-state index in [1.165, 1.54) is 12.0 Å². The lowest BCUT2D eigenvalue weighted by atomic mass is 10.1.